The average molecular weight is 1240 g/mol. The predicted molar refractivity (Wildman–Crippen MR) is 255 cm³/mol. The molecular formula is C46H78N2O36. The fraction of sp³-hybridized carbons (Fsp3) is 0.957. The van der Waals surface area contributed by atoms with Gasteiger partial charge in [-0.1, -0.05) is 0 Å². The smallest absolute Gasteiger partial charge is 0.217 e. The normalized spacial score (nSPS) is 50.3. The number of aliphatic hydroxyl groups is 21. The number of hydrogen-bond donors (Lipinski definition) is 23. The molecule has 7 rings (SSSR count). The van der Waals surface area contributed by atoms with Crippen molar-refractivity contribution in [1.82, 2.24) is 10.6 Å². The number of amides is 2. The molecule has 84 heavy (non-hydrogen) atoms. The monoisotopic (exact) mass is 1230 g/mol. The van der Waals surface area contributed by atoms with Crippen molar-refractivity contribution in [2.24, 2.45) is 0 Å². The van der Waals surface area contributed by atoms with E-state index >= 15 is 0 Å². The minimum Gasteiger partial charge on any atom is -0.394 e. The molecule has 7 fully saturated rings. The lowest BCUT2D eigenvalue weighted by Crippen LogP contribution is -2.70. The largest absolute Gasteiger partial charge is 0.394 e. The Morgan fingerprint density at radius 2 is 0.643 bits per heavy atom. The van der Waals surface area contributed by atoms with E-state index < -0.39 is 273 Å². The van der Waals surface area contributed by atoms with E-state index in [1.807, 2.05) is 0 Å². The van der Waals surface area contributed by atoms with Crippen LogP contribution in [-0.4, -0.2) is 380 Å². The summed E-state index contributed by atoms with van der Waals surface area (Å²) >= 11 is 0. The summed E-state index contributed by atoms with van der Waals surface area (Å²) in [5.41, 5.74) is 0. The van der Waals surface area contributed by atoms with Crippen LogP contribution >= 0.6 is 0 Å². The van der Waals surface area contributed by atoms with Crippen molar-refractivity contribution < 1.29 is 178 Å². The molecule has 38 nitrogen and oxygen atoms in total. The Kier molecular flexibility index (Phi) is 24.6. The fourth-order valence-electron chi connectivity index (χ4n) is 10.7. The molecule has 23 N–H and O–H groups in total. The highest BCUT2D eigenvalue weighted by Crippen LogP contribution is 2.38. The Labute approximate surface area is 475 Å². The second kappa shape index (κ2) is 29.9. The van der Waals surface area contributed by atoms with Gasteiger partial charge in [0.05, 0.1) is 46.2 Å². The Bertz CT molecular complexity index is 2060. The van der Waals surface area contributed by atoms with Crippen LogP contribution in [-0.2, 0) is 71.2 Å². The number of hydrogen-bond acceptors (Lipinski definition) is 36. The van der Waals surface area contributed by atoms with E-state index in [0.717, 1.165) is 13.8 Å². The summed E-state index contributed by atoms with van der Waals surface area (Å²) in [6.45, 7) is -5.04. The number of carbonyl (C=O) groups is 2. The molecule has 2 amide bonds. The van der Waals surface area contributed by atoms with Crippen LogP contribution in [0.1, 0.15) is 13.8 Å². The second-order valence-corrected chi connectivity index (χ2v) is 21.1. The number of ether oxygens (including phenoxy) is 13. The molecule has 0 aliphatic carbocycles. The summed E-state index contributed by atoms with van der Waals surface area (Å²) in [4.78, 5) is 24.7. The van der Waals surface area contributed by atoms with Crippen LogP contribution in [0.5, 0.6) is 0 Å². The number of aliphatic hydroxyl groups excluding tert-OH is 21. The molecular weight excluding hydrogens is 1160 g/mol. The zero-order chi connectivity index (χ0) is 61.9. The zero-order valence-corrected chi connectivity index (χ0v) is 44.7. The lowest BCUT2D eigenvalue weighted by Gasteiger charge is -2.50. The standard InChI is InChI=1S/C46H78N2O36/c1-10(55)47-19-26(62)35(16(7-53)73-40(19)71)80-41-20(48-11(2)56)27(63)36(17(8-54)78-41)81-45-34(70)38(83-46-39(30(66)23(59)14(5-51)77-46)84-44-32(68)29(65)22(58)13(4-50)76-44)25(61)18(79-45)9-72-42-33(69)37(24(60)15(6-52)74-42)82-43-31(67)28(64)21(57)12(3-49)75-43/h12-46,49-54,57-71H,3-9H2,1-2H3,(H,47,55)(H,48,56)/t12-,13-,14-,15-,16-,17-,18-,19-,20-,21-,22-,23-,24-,25-,26-,27-,28+,29+,30+,31+,32+,33+,34+,35-,36-,37+,38+,39+,40-,41+,42+,43-,44-,45+,46-/m1/s1. The zero-order valence-electron chi connectivity index (χ0n) is 44.7. The lowest BCUT2D eigenvalue weighted by atomic mass is 9.94. The second-order valence-electron chi connectivity index (χ2n) is 21.1. The van der Waals surface area contributed by atoms with E-state index in [0.29, 0.717) is 0 Å². The minimum atomic E-state index is -2.41. The van der Waals surface area contributed by atoms with Crippen molar-refractivity contribution in [2.45, 2.75) is 229 Å². The predicted octanol–water partition coefficient (Wildman–Crippen LogP) is -16.0. The molecule has 488 valence electrons. The van der Waals surface area contributed by atoms with Gasteiger partial charge < -0.3 is 179 Å². The van der Waals surface area contributed by atoms with E-state index in [4.69, 9.17) is 61.6 Å². The minimum absolute atomic E-state index is 0.744. The van der Waals surface area contributed by atoms with Crippen molar-refractivity contribution >= 4 is 11.8 Å². The molecule has 35 atom stereocenters. The maximum Gasteiger partial charge on any atom is 0.217 e. The van der Waals surface area contributed by atoms with Crippen molar-refractivity contribution in [2.75, 3.05) is 46.2 Å². The van der Waals surface area contributed by atoms with Gasteiger partial charge >= 0.3 is 0 Å². The summed E-state index contributed by atoms with van der Waals surface area (Å²) in [5.74, 6) is -1.62. The van der Waals surface area contributed by atoms with Crippen molar-refractivity contribution in [3.63, 3.8) is 0 Å². The molecule has 0 aromatic heterocycles. The van der Waals surface area contributed by atoms with Gasteiger partial charge in [0.2, 0.25) is 11.8 Å². The fourth-order valence-corrected chi connectivity index (χ4v) is 10.7. The van der Waals surface area contributed by atoms with Crippen molar-refractivity contribution in [1.29, 1.82) is 0 Å². The van der Waals surface area contributed by atoms with E-state index in [1.165, 1.54) is 0 Å². The number of nitrogens with one attached hydrogen (secondary N) is 2. The first-order valence-electron chi connectivity index (χ1n) is 26.6. The van der Waals surface area contributed by atoms with Crippen LogP contribution in [0.15, 0.2) is 0 Å². The summed E-state index contributed by atoms with van der Waals surface area (Å²) in [6, 6.07) is -3.40. The van der Waals surface area contributed by atoms with Gasteiger partial charge in [0.25, 0.3) is 0 Å². The SMILES string of the molecule is CC(=O)N[C@@H]1[C@@H](O)[C@H](O[C@@H]2O[C@H](CO)[C@@H](O[C@@H]3O[C@H](CO[C@H]4O[C@H](CO)[C@@H](O)[C@H](O[C@H]5O[C@H](CO)[C@@H](O)[C@H](O)[C@@H]5O)[C@@H]4O)[C@@H](O)[C@H](O[C@H]4O[C@H](CO)[C@@H](O)[C@H](O)[C@@H]4O[C@H]4O[C@H](CO)[C@@H](O)[C@H](O)[C@@H]4O)[C@@H]3O)[C@H](O)[C@H]2NC(C)=O)[C@@H](CO)O[C@H]1O. The van der Waals surface area contributed by atoms with E-state index in [-0.39, 0.29) is 0 Å². The molecule has 0 radical (unpaired) electrons. The first-order chi connectivity index (χ1) is 39.7. The summed E-state index contributed by atoms with van der Waals surface area (Å²) < 4.78 is 74.6. The third-order valence-electron chi connectivity index (χ3n) is 15.3. The average Bonchev–Trinajstić information content (AvgIpc) is 2.62. The Balaban J connectivity index is 1.20. The third-order valence-corrected chi connectivity index (χ3v) is 15.3. The highest BCUT2D eigenvalue weighted by Gasteiger charge is 2.59. The molecule has 0 aromatic rings. The summed E-state index contributed by atoms with van der Waals surface area (Å²) in [7, 11) is 0. The summed E-state index contributed by atoms with van der Waals surface area (Å²) in [6.07, 6.45) is -65.9. The molecule has 7 aliphatic rings. The number of rotatable bonds is 21. The number of carbonyl (C=O) groups excluding carboxylic acids is 2. The topological polar surface area (TPSA) is 603 Å². The maximum atomic E-state index is 12.7. The molecule has 0 spiro atoms. The van der Waals surface area contributed by atoms with Gasteiger partial charge in [-0.2, -0.15) is 0 Å². The first-order valence-corrected chi connectivity index (χ1v) is 26.6. The quantitative estimate of drug-likeness (QED) is 0.0507. The van der Waals surface area contributed by atoms with Crippen LogP contribution in [0.3, 0.4) is 0 Å². The van der Waals surface area contributed by atoms with Gasteiger partial charge in [0.1, 0.15) is 171 Å². The molecule has 0 aromatic carbocycles. The lowest BCUT2D eigenvalue weighted by molar-refractivity contribution is -0.398. The van der Waals surface area contributed by atoms with E-state index in [9.17, 15) is 117 Å². The third kappa shape index (κ3) is 14.7. The van der Waals surface area contributed by atoms with Gasteiger partial charge in [-0.15, -0.1) is 0 Å². The Morgan fingerprint density at radius 1 is 0.310 bits per heavy atom. The molecule has 0 bridgehead atoms. The van der Waals surface area contributed by atoms with Crippen LogP contribution < -0.4 is 10.6 Å². The van der Waals surface area contributed by atoms with Gasteiger partial charge in [-0.3, -0.25) is 9.59 Å². The van der Waals surface area contributed by atoms with E-state index in [2.05, 4.69) is 10.6 Å². The Hall–Kier alpha value is -2.42. The van der Waals surface area contributed by atoms with Gasteiger partial charge in [-0.05, 0) is 0 Å². The van der Waals surface area contributed by atoms with Crippen LogP contribution in [0.4, 0.5) is 0 Å². The van der Waals surface area contributed by atoms with Gasteiger partial charge in [0.15, 0.2) is 44.0 Å². The first kappa shape index (κ1) is 69.1. The molecule has 0 saturated carbocycles. The molecule has 7 aliphatic heterocycles. The highest BCUT2D eigenvalue weighted by atomic mass is 16.8. The van der Waals surface area contributed by atoms with Crippen molar-refractivity contribution in [3.8, 4) is 0 Å². The molecule has 0 unspecified atom stereocenters. The molecule has 38 heteroatoms. The van der Waals surface area contributed by atoms with E-state index in [1.54, 1.807) is 0 Å². The summed E-state index contributed by atoms with van der Waals surface area (Å²) in [5, 5.41) is 232. The van der Waals surface area contributed by atoms with Crippen LogP contribution in [0.2, 0.25) is 0 Å². The maximum absolute atomic E-state index is 12.7. The van der Waals surface area contributed by atoms with Crippen LogP contribution in [0.25, 0.3) is 0 Å². The van der Waals surface area contributed by atoms with Crippen LogP contribution in [0, 0.1) is 0 Å². The molecule has 7 heterocycles. The van der Waals surface area contributed by atoms with Crippen molar-refractivity contribution in [3.05, 3.63) is 0 Å². The van der Waals surface area contributed by atoms with Gasteiger partial charge in [-0.25, -0.2) is 0 Å². The Morgan fingerprint density at radius 3 is 1.14 bits per heavy atom. The van der Waals surface area contributed by atoms with Gasteiger partial charge in [0, 0.05) is 13.8 Å². The molecule has 7 saturated heterocycles. The highest BCUT2D eigenvalue weighted by molar-refractivity contribution is 5.73.